The van der Waals surface area contributed by atoms with Gasteiger partial charge in [-0.2, -0.15) is 0 Å². The van der Waals surface area contributed by atoms with E-state index in [1.165, 1.54) is 5.56 Å². The Morgan fingerprint density at radius 2 is 2.12 bits per heavy atom. The first-order valence-electron chi connectivity index (χ1n) is 5.93. The molecule has 92 valence electrons. The summed E-state index contributed by atoms with van der Waals surface area (Å²) < 4.78 is 5.26. The normalized spacial score (nSPS) is 12.5. The Labute approximate surface area is 114 Å². The van der Waals surface area contributed by atoms with Gasteiger partial charge in [0.25, 0.3) is 0 Å². The number of hydrogen-bond donors (Lipinski definition) is 0. The molecule has 0 spiro atoms. The molecule has 1 atom stereocenters. The van der Waals surface area contributed by atoms with Crippen LogP contribution >= 0.6 is 15.9 Å². The van der Waals surface area contributed by atoms with E-state index in [4.69, 9.17) is 4.74 Å². The number of benzene rings is 1. The molecule has 0 aliphatic heterocycles. The van der Waals surface area contributed by atoms with E-state index in [2.05, 4.69) is 56.3 Å². The van der Waals surface area contributed by atoms with Crippen molar-refractivity contribution >= 4 is 34.8 Å². The van der Waals surface area contributed by atoms with Gasteiger partial charge in [-0.15, -0.1) is 0 Å². The van der Waals surface area contributed by atoms with Crippen LogP contribution in [0.2, 0.25) is 0 Å². The van der Waals surface area contributed by atoms with Gasteiger partial charge in [-0.3, -0.25) is 0 Å². The molecule has 1 unspecified atom stereocenters. The lowest BCUT2D eigenvalue weighted by Crippen LogP contribution is -2.10. The van der Waals surface area contributed by atoms with E-state index in [0.717, 1.165) is 23.2 Å². The molecular formula is C14H20BBrO. The maximum absolute atomic E-state index is 5.26. The molecule has 0 heterocycles. The molecule has 0 aliphatic rings. The second-order valence-electron chi connectivity index (χ2n) is 4.81. The van der Waals surface area contributed by atoms with E-state index in [1.807, 2.05) is 6.07 Å². The molecular weight excluding hydrogens is 275 g/mol. The SMILES string of the molecule is Bc1cc(C(=C)C(Br)CC(C)C)ccc1OC. The van der Waals surface area contributed by atoms with E-state index < -0.39 is 0 Å². The summed E-state index contributed by atoms with van der Waals surface area (Å²) in [6, 6.07) is 6.21. The summed E-state index contributed by atoms with van der Waals surface area (Å²) in [6.45, 7) is 8.63. The van der Waals surface area contributed by atoms with Crippen LogP contribution in [0.5, 0.6) is 5.75 Å². The van der Waals surface area contributed by atoms with Crippen molar-refractivity contribution in [3.63, 3.8) is 0 Å². The predicted octanol–water partition coefficient (Wildman–Crippen LogP) is 2.78. The van der Waals surface area contributed by atoms with E-state index in [9.17, 15) is 0 Å². The molecule has 0 N–H and O–H groups in total. The number of halogens is 1. The van der Waals surface area contributed by atoms with Crippen molar-refractivity contribution in [2.45, 2.75) is 25.1 Å². The fraction of sp³-hybridized carbons (Fsp3) is 0.429. The van der Waals surface area contributed by atoms with E-state index in [1.54, 1.807) is 7.11 Å². The van der Waals surface area contributed by atoms with Crippen LogP contribution in [0.3, 0.4) is 0 Å². The third kappa shape index (κ3) is 3.92. The summed E-state index contributed by atoms with van der Waals surface area (Å²) in [6.07, 6.45) is 1.10. The van der Waals surface area contributed by atoms with Crippen LogP contribution in [-0.2, 0) is 0 Å². The molecule has 17 heavy (non-hydrogen) atoms. The van der Waals surface area contributed by atoms with Gasteiger partial charge in [0, 0.05) is 4.83 Å². The lowest BCUT2D eigenvalue weighted by molar-refractivity contribution is 0.418. The summed E-state index contributed by atoms with van der Waals surface area (Å²) in [4.78, 5) is 0.343. The number of rotatable bonds is 5. The zero-order chi connectivity index (χ0) is 13.0. The number of ether oxygens (including phenoxy) is 1. The molecule has 0 amide bonds. The minimum absolute atomic E-state index is 0.343. The van der Waals surface area contributed by atoms with Gasteiger partial charge in [-0.05, 0) is 35.0 Å². The third-order valence-electron chi connectivity index (χ3n) is 2.82. The average Bonchev–Trinajstić information content (AvgIpc) is 2.27. The van der Waals surface area contributed by atoms with Crippen molar-refractivity contribution in [2.75, 3.05) is 7.11 Å². The molecule has 0 bridgehead atoms. The van der Waals surface area contributed by atoms with Crippen LogP contribution in [-0.4, -0.2) is 19.8 Å². The summed E-state index contributed by atoms with van der Waals surface area (Å²) in [5, 5.41) is 0. The van der Waals surface area contributed by atoms with E-state index in [0.29, 0.717) is 10.7 Å². The molecule has 0 saturated heterocycles. The Kier molecular flexibility index (Phi) is 5.32. The average molecular weight is 295 g/mol. The van der Waals surface area contributed by atoms with Gasteiger partial charge in [0.2, 0.25) is 0 Å². The van der Waals surface area contributed by atoms with Gasteiger partial charge < -0.3 is 4.74 Å². The summed E-state index contributed by atoms with van der Waals surface area (Å²) in [5.41, 5.74) is 3.48. The van der Waals surface area contributed by atoms with Crippen LogP contribution < -0.4 is 10.2 Å². The number of alkyl halides is 1. The summed E-state index contributed by atoms with van der Waals surface area (Å²) >= 11 is 3.71. The van der Waals surface area contributed by atoms with Gasteiger partial charge in [0.15, 0.2) is 0 Å². The van der Waals surface area contributed by atoms with Crippen molar-refractivity contribution in [3.05, 3.63) is 30.3 Å². The van der Waals surface area contributed by atoms with Crippen LogP contribution in [0.25, 0.3) is 5.57 Å². The molecule has 0 aromatic heterocycles. The highest BCUT2D eigenvalue weighted by Crippen LogP contribution is 2.27. The largest absolute Gasteiger partial charge is 0.497 e. The topological polar surface area (TPSA) is 9.23 Å². The Morgan fingerprint density at radius 1 is 1.47 bits per heavy atom. The van der Waals surface area contributed by atoms with Crippen LogP contribution in [0.4, 0.5) is 0 Å². The van der Waals surface area contributed by atoms with Gasteiger partial charge >= 0.3 is 0 Å². The maximum Gasteiger partial charge on any atom is 0.144 e. The highest BCUT2D eigenvalue weighted by Gasteiger charge is 2.13. The molecule has 1 aromatic rings. The van der Waals surface area contributed by atoms with Crippen molar-refractivity contribution in [1.29, 1.82) is 0 Å². The third-order valence-corrected chi connectivity index (χ3v) is 3.75. The van der Waals surface area contributed by atoms with E-state index in [-0.39, 0.29) is 0 Å². The lowest BCUT2D eigenvalue weighted by Gasteiger charge is -2.16. The first kappa shape index (κ1) is 14.4. The molecule has 0 saturated carbocycles. The van der Waals surface area contributed by atoms with Gasteiger partial charge in [-0.25, -0.2) is 0 Å². The number of hydrogen-bond acceptors (Lipinski definition) is 1. The summed E-state index contributed by atoms with van der Waals surface area (Å²) in [5.74, 6) is 1.59. The van der Waals surface area contributed by atoms with Gasteiger partial charge in [-0.1, -0.05) is 48.5 Å². The Morgan fingerprint density at radius 3 is 2.59 bits per heavy atom. The molecule has 1 rings (SSSR count). The smallest absolute Gasteiger partial charge is 0.144 e. The molecule has 1 aromatic carbocycles. The monoisotopic (exact) mass is 294 g/mol. The quantitative estimate of drug-likeness (QED) is 0.599. The molecule has 3 heteroatoms. The second-order valence-corrected chi connectivity index (χ2v) is 5.91. The van der Waals surface area contributed by atoms with Crippen LogP contribution in [0, 0.1) is 5.92 Å². The summed E-state index contributed by atoms with van der Waals surface area (Å²) in [7, 11) is 3.75. The maximum atomic E-state index is 5.26. The zero-order valence-corrected chi connectivity index (χ0v) is 12.7. The fourth-order valence-electron chi connectivity index (χ4n) is 1.82. The minimum Gasteiger partial charge on any atom is -0.497 e. The van der Waals surface area contributed by atoms with Crippen LogP contribution in [0.1, 0.15) is 25.8 Å². The molecule has 0 radical (unpaired) electrons. The van der Waals surface area contributed by atoms with Crippen molar-refractivity contribution in [3.8, 4) is 5.75 Å². The van der Waals surface area contributed by atoms with Gasteiger partial charge in [0.1, 0.15) is 13.6 Å². The molecule has 0 fully saturated rings. The van der Waals surface area contributed by atoms with Crippen LogP contribution in [0.15, 0.2) is 24.8 Å². The standard InChI is InChI=1S/C14H20BBrO/c1-9(2)7-13(16)10(3)11-5-6-14(17-4)12(15)8-11/h5-6,8-9,13H,3,7,15H2,1-2,4H3. The number of allylic oxidation sites excluding steroid dienone is 1. The van der Waals surface area contributed by atoms with Crippen molar-refractivity contribution in [2.24, 2.45) is 5.92 Å². The first-order chi connectivity index (χ1) is 7.95. The Bertz CT molecular complexity index is 401. The highest BCUT2D eigenvalue weighted by molar-refractivity contribution is 9.09. The lowest BCUT2D eigenvalue weighted by atomic mass is 9.90. The second kappa shape index (κ2) is 6.30. The van der Waals surface area contributed by atoms with Gasteiger partial charge in [0.05, 0.1) is 7.11 Å². The van der Waals surface area contributed by atoms with Crippen molar-refractivity contribution in [1.82, 2.24) is 0 Å². The molecule has 1 nitrogen and oxygen atoms in total. The fourth-order valence-corrected chi connectivity index (χ4v) is 2.83. The predicted molar refractivity (Wildman–Crippen MR) is 82.4 cm³/mol. The number of methoxy groups -OCH3 is 1. The Balaban J connectivity index is 2.86. The molecule has 0 aliphatic carbocycles. The van der Waals surface area contributed by atoms with E-state index >= 15 is 0 Å². The first-order valence-corrected chi connectivity index (χ1v) is 6.85. The Hall–Kier alpha value is -0.695. The zero-order valence-electron chi connectivity index (χ0n) is 11.1. The highest BCUT2D eigenvalue weighted by atomic mass is 79.9. The van der Waals surface area contributed by atoms with Crippen molar-refractivity contribution < 1.29 is 4.74 Å². The minimum atomic E-state index is 0.343.